The first-order valence-corrected chi connectivity index (χ1v) is 9.41. The second kappa shape index (κ2) is 6.81. The molecule has 1 aromatic heterocycles. The van der Waals surface area contributed by atoms with Gasteiger partial charge in [-0.25, -0.2) is 0 Å². The maximum atomic E-state index is 13.0. The fourth-order valence-corrected chi connectivity index (χ4v) is 4.30. The summed E-state index contributed by atoms with van der Waals surface area (Å²) in [6, 6.07) is 22.0. The number of carbonyl (C=O) groups excluding carboxylic acids is 1. The molecule has 0 radical (unpaired) electrons. The molecule has 1 fully saturated rings. The maximum absolute atomic E-state index is 13.0. The molecule has 25 heavy (non-hydrogen) atoms. The summed E-state index contributed by atoms with van der Waals surface area (Å²) in [5.74, 6) is 2.72. The van der Waals surface area contributed by atoms with Crippen molar-refractivity contribution in [1.29, 1.82) is 0 Å². The number of benzene rings is 2. The smallest absolute Gasteiger partial charge is 0.255 e. The van der Waals surface area contributed by atoms with Crippen LogP contribution in [0.1, 0.15) is 27.3 Å². The minimum atomic E-state index is -0.0324. The number of aryl methyl sites for hydroxylation is 1. The minimum Gasteiger partial charge on any atom is -0.463 e. The lowest BCUT2D eigenvalue weighted by molar-refractivity contribution is 0.0749. The Hall–Kier alpha value is -2.46. The number of carbonyl (C=O) groups is 1. The Bertz CT molecular complexity index is 870. The van der Waals surface area contributed by atoms with Crippen LogP contribution in [0.3, 0.4) is 0 Å². The molecule has 0 aliphatic carbocycles. The molecular weight excluding hydrogens is 330 g/mol. The second-order valence-electron chi connectivity index (χ2n) is 6.11. The van der Waals surface area contributed by atoms with E-state index in [2.05, 4.69) is 12.1 Å². The van der Waals surface area contributed by atoms with Crippen LogP contribution in [-0.4, -0.2) is 23.1 Å². The number of furan rings is 1. The van der Waals surface area contributed by atoms with Gasteiger partial charge in [0.25, 0.3) is 5.91 Å². The van der Waals surface area contributed by atoms with E-state index < -0.39 is 0 Å². The van der Waals surface area contributed by atoms with Gasteiger partial charge >= 0.3 is 0 Å². The second-order valence-corrected chi connectivity index (χ2v) is 7.30. The first kappa shape index (κ1) is 16.0. The zero-order chi connectivity index (χ0) is 17.2. The Labute approximate surface area is 151 Å². The molecule has 1 aliphatic heterocycles. The third kappa shape index (κ3) is 3.22. The van der Waals surface area contributed by atoms with Gasteiger partial charge in [0.1, 0.15) is 16.9 Å². The molecule has 4 heteroatoms. The van der Waals surface area contributed by atoms with Crippen LogP contribution < -0.4 is 0 Å². The highest BCUT2D eigenvalue weighted by molar-refractivity contribution is 7.99. The van der Waals surface area contributed by atoms with Gasteiger partial charge in [-0.2, -0.15) is 0 Å². The van der Waals surface area contributed by atoms with E-state index in [1.807, 2.05) is 66.4 Å². The summed E-state index contributed by atoms with van der Waals surface area (Å²) in [5.41, 5.74) is 2.99. The Balaban J connectivity index is 1.56. The van der Waals surface area contributed by atoms with Gasteiger partial charge in [-0.15, -0.1) is 11.8 Å². The van der Waals surface area contributed by atoms with Crippen molar-refractivity contribution in [2.24, 2.45) is 0 Å². The molecule has 2 heterocycles. The summed E-state index contributed by atoms with van der Waals surface area (Å²) in [6.45, 7) is 2.67. The minimum absolute atomic E-state index is 0.0324. The molecule has 1 atom stereocenters. The van der Waals surface area contributed by atoms with Gasteiger partial charge in [-0.05, 0) is 42.3 Å². The van der Waals surface area contributed by atoms with Gasteiger partial charge < -0.3 is 9.32 Å². The Kier molecular flexibility index (Phi) is 4.36. The van der Waals surface area contributed by atoms with E-state index >= 15 is 0 Å². The zero-order valence-electron chi connectivity index (χ0n) is 14.0. The van der Waals surface area contributed by atoms with Gasteiger partial charge in [-0.1, -0.05) is 42.5 Å². The van der Waals surface area contributed by atoms with E-state index in [9.17, 15) is 4.79 Å². The van der Waals surface area contributed by atoms with E-state index in [-0.39, 0.29) is 11.3 Å². The van der Waals surface area contributed by atoms with Crippen molar-refractivity contribution in [2.75, 3.05) is 12.3 Å². The quantitative estimate of drug-likeness (QED) is 0.656. The standard InChI is InChI=1S/C21H19NO2S/c1-15-7-12-19(24-15)21-22(13-14-25-21)20(23)18-10-8-17(9-11-18)16-5-3-2-4-6-16/h2-12,21H,13-14H2,1H3. The van der Waals surface area contributed by atoms with E-state index in [0.29, 0.717) is 0 Å². The van der Waals surface area contributed by atoms with Crippen molar-refractivity contribution in [1.82, 2.24) is 4.90 Å². The fraction of sp³-hybridized carbons (Fsp3) is 0.190. The molecule has 0 saturated carbocycles. The summed E-state index contributed by atoms with van der Waals surface area (Å²) >= 11 is 1.75. The van der Waals surface area contributed by atoms with Crippen molar-refractivity contribution in [3.05, 3.63) is 83.8 Å². The maximum Gasteiger partial charge on any atom is 0.255 e. The predicted molar refractivity (Wildman–Crippen MR) is 102 cm³/mol. The van der Waals surface area contributed by atoms with Crippen molar-refractivity contribution < 1.29 is 9.21 Å². The van der Waals surface area contributed by atoms with Crippen LogP contribution >= 0.6 is 11.8 Å². The number of thioether (sulfide) groups is 1. The third-order valence-corrected chi connectivity index (χ3v) is 5.62. The molecule has 3 nitrogen and oxygen atoms in total. The van der Waals surface area contributed by atoms with Crippen LogP contribution in [0.25, 0.3) is 11.1 Å². The average molecular weight is 349 g/mol. The van der Waals surface area contributed by atoms with Gasteiger partial charge in [-0.3, -0.25) is 4.79 Å². The molecule has 126 valence electrons. The number of hydrogen-bond acceptors (Lipinski definition) is 3. The molecule has 1 saturated heterocycles. The Morgan fingerprint density at radius 3 is 2.40 bits per heavy atom. The monoisotopic (exact) mass is 349 g/mol. The zero-order valence-corrected chi connectivity index (χ0v) is 14.8. The third-order valence-electron chi connectivity index (χ3n) is 4.40. The van der Waals surface area contributed by atoms with Crippen LogP contribution in [0.5, 0.6) is 0 Å². The lowest BCUT2D eigenvalue weighted by atomic mass is 10.0. The van der Waals surface area contributed by atoms with Crippen LogP contribution in [0, 0.1) is 6.92 Å². The molecule has 4 rings (SSSR count). The van der Waals surface area contributed by atoms with E-state index in [0.717, 1.165) is 40.5 Å². The largest absolute Gasteiger partial charge is 0.463 e. The van der Waals surface area contributed by atoms with E-state index in [1.165, 1.54) is 0 Å². The molecule has 1 amide bonds. The molecule has 1 aliphatic rings. The van der Waals surface area contributed by atoms with Gasteiger partial charge in [0, 0.05) is 17.9 Å². The molecule has 0 spiro atoms. The summed E-state index contributed by atoms with van der Waals surface area (Å²) in [6.07, 6.45) is 0. The summed E-state index contributed by atoms with van der Waals surface area (Å²) in [7, 11) is 0. The van der Waals surface area contributed by atoms with Gasteiger partial charge in [0.2, 0.25) is 0 Å². The number of nitrogens with zero attached hydrogens (tertiary/aromatic N) is 1. The average Bonchev–Trinajstić information content (AvgIpc) is 3.31. The summed E-state index contributed by atoms with van der Waals surface area (Å²) < 4.78 is 5.75. The van der Waals surface area contributed by atoms with Crippen LogP contribution in [-0.2, 0) is 0 Å². The lowest BCUT2D eigenvalue weighted by Gasteiger charge is -2.22. The highest BCUT2D eigenvalue weighted by Gasteiger charge is 2.33. The van der Waals surface area contributed by atoms with Gasteiger partial charge in [0.15, 0.2) is 0 Å². The van der Waals surface area contributed by atoms with Crippen molar-refractivity contribution in [3.8, 4) is 11.1 Å². The molecule has 3 aromatic rings. The molecule has 2 aromatic carbocycles. The summed E-state index contributed by atoms with van der Waals surface area (Å²) in [5, 5.41) is -0.0324. The van der Waals surface area contributed by atoms with Crippen LogP contribution in [0.4, 0.5) is 0 Å². The van der Waals surface area contributed by atoms with Crippen LogP contribution in [0.2, 0.25) is 0 Å². The molecule has 0 bridgehead atoms. The van der Waals surface area contributed by atoms with Crippen molar-refractivity contribution in [3.63, 3.8) is 0 Å². The first-order valence-electron chi connectivity index (χ1n) is 8.37. The number of hydrogen-bond donors (Lipinski definition) is 0. The lowest BCUT2D eigenvalue weighted by Crippen LogP contribution is -2.30. The van der Waals surface area contributed by atoms with Gasteiger partial charge in [0.05, 0.1) is 0 Å². The normalized spacial score (nSPS) is 17.0. The van der Waals surface area contributed by atoms with Crippen molar-refractivity contribution in [2.45, 2.75) is 12.3 Å². The number of rotatable bonds is 3. The highest BCUT2D eigenvalue weighted by atomic mass is 32.2. The topological polar surface area (TPSA) is 33.5 Å². The highest BCUT2D eigenvalue weighted by Crippen LogP contribution is 2.39. The fourth-order valence-electron chi connectivity index (χ4n) is 3.10. The SMILES string of the molecule is Cc1ccc(C2SCCN2C(=O)c2ccc(-c3ccccc3)cc2)o1. The number of amides is 1. The van der Waals surface area contributed by atoms with E-state index in [1.54, 1.807) is 11.8 Å². The van der Waals surface area contributed by atoms with Crippen LogP contribution in [0.15, 0.2) is 71.1 Å². The Morgan fingerprint density at radius 2 is 1.72 bits per heavy atom. The predicted octanol–water partition coefficient (Wildman–Crippen LogP) is 5.14. The molecule has 0 N–H and O–H groups in total. The molecule has 1 unspecified atom stereocenters. The van der Waals surface area contributed by atoms with E-state index in [4.69, 9.17) is 4.42 Å². The Morgan fingerprint density at radius 1 is 1.00 bits per heavy atom. The first-order chi connectivity index (χ1) is 12.2. The summed E-state index contributed by atoms with van der Waals surface area (Å²) in [4.78, 5) is 14.9. The molecular formula is C21H19NO2S. The van der Waals surface area contributed by atoms with Crippen molar-refractivity contribution >= 4 is 17.7 Å².